The number of hydrogen-bond donors (Lipinski definition) is 0. The van der Waals surface area contributed by atoms with Crippen LogP contribution in [0.1, 0.15) is 61.2 Å². The highest BCUT2D eigenvalue weighted by atomic mass is 35.5. The molecule has 0 saturated heterocycles. The quantitative estimate of drug-likeness (QED) is 0.304. The lowest BCUT2D eigenvalue weighted by Gasteiger charge is -2.33. The first kappa shape index (κ1) is 25.3. The van der Waals surface area contributed by atoms with Crippen molar-refractivity contribution in [3.8, 4) is 17.6 Å². The lowest BCUT2D eigenvalue weighted by molar-refractivity contribution is 0.218. The highest BCUT2D eigenvalue weighted by molar-refractivity contribution is 7.16. The summed E-state index contributed by atoms with van der Waals surface area (Å²) in [6.07, 6.45) is 4.83. The molecule has 1 heterocycles. The number of fused-ring (bicyclic) bond motifs is 1. The van der Waals surface area contributed by atoms with Gasteiger partial charge >= 0.3 is 0 Å². The Labute approximate surface area is 217 Å². The van der Waals surface area contributed by atoms with E-state index in [1.54, 1.807) is 17.6 Å². The minimum absolute atomic E-state index is 0.259. The summed E-state index contributed by atoms with van der Waals surface area (Å²) in [6.45, 7) is 9.71. The van der Waals surface area contributed by atoms with Gasteiger partial charge in [-0.05, 0) is 66.3 Å². The van der Waals surface area contributed by atoms with Crippen LogP contribution in [0, 0.1) is 22.7 Å². The fraction of sp³-hybridized carbons (Fsp3) is 0.379. The van der Waals surface area contributed by atoms with Gasteiger partial charge in [-0.1, -0.05) is 62.7 Å². The Morgan fingerprint density at radius 2 is 1.97 bits per heavy atom. The molecule has 0 unspecified atom stereocenters. The number of aliphatic imine (C=N–C) groups is 1. The summed E-state index contributed by atoms with van der Waals surface area (Å²) in [5, 5.41) is 11.1. The summed E-state index contributed by atoms with van der Waals surface area (Å²) < 4.78 is 11.8. The largest absolute Gasteiger partial charge is 0.490 e. The normalized spacial score (nSPS) is 15.6. The average Bonchev–Trinajstić information content (AvgIpc) is 3.19. The molecule has 0 bridgehead atoms. The minimum Gasteiger partial charge on any atom is -0.490 e. The van der Waals surface area contributed by atoms with Crippen molar-refractivity contribution in [1.82, 2.24) is 0 Å². The highest BCUT2D eigenvalue weighted by Crippen LogP contribution is 2.45. The number of halogens is 1. The molecule has 0 spiro atoms. The molecule has 1 atom stereocenters. The van der Waals surface area contributed by atoms with Crippen LogP contribution in [0.25, 0.3) is 0 Å². The van der Waals surface area contributed by atoms with E-state index in [0.717, 1.165) is 35.4 Å². The molecule has 0 saturated carbocycles. The van der Waals surface area contributed by atoms with Gasteiger partial charge in [0.15, 0.2) is 11.5 Å². The predicted molar refractivity (Wildman–Crippen MR) is 145 cm³/mol. The number of nitrogens with zero attached hydrogens (tertiary/aromatic N) is 2. The Morgan fingerprint density at radius 1 is 1.20 bits per heavy atom. The Morgan fingerprint density at radius 3 is 2.66 bits per heavy atom. The standard InChI is InChI=1S/C29H31ClN2O2S/c1-5-33-25-14-20(13-24(30)27(25)34-18-19-9-7-6-8-10-19)17-32-28-23(16-31)22-12-11-21(29(2,3)4)15-26(22)35-28/h6-10,13-14,17,21H,5,11-12,15,18H2,1-4H3/t21-/m1/s1. The van der Waals surface area contributed by atoms with Crippen LogP contribution in [0.5, 0.6) is 11.5 Å². The summed E-state index contributed by atoms with van der Waals surface area (Å²) >= 11 is 8.25. The molecule has 6 heteroatoms. The molecule has 1 aliphatic carbocycles. The molecule has 0 radical (unpaired) electrons. The zero-order valence-electron chi connectivity index (χ0n) is 20.7. The molecule has 182 valence electrons. The second-order valence-corrected chi connectivity index (χ2v) is 11.4. The molecule has 2 aromatic carbocycles. The van der Waals surface area contributed by atoms with Crippen molar-refractivity contribution < 1.29 is 9.47 Å². The number of rotatable bonds is 7. The van der Waals surface area contributed by atoms with E-state index in [1.807, 2.05) is 49.4 Å². The number of ether oxygens (including phenoxy) is 2. The van der Waals surface area contributed by atoms with E-state index >= 15 is 0 Å². The maximum absolute atomic E-state index is 9.86. The van der Waals surface area contributed by atoms with Gasteiger partial charge in [0.25, 0.3) is 0 Å². The van der Waals surface area contributed by atoms with Crippen LogP contribution < -0.4 is 9.47 Å². The van der Waals surface area contributed by atoms with Gasteiger partial charge in [-0.25, -0.2) is 4.99 Å². The van der Waals surface area contributed by atoms with E-state index in [2.05, 4.69) is 26.8 Å². The third-order valence-electron chi connectivity index (χ3n) is 6.47. The third-order valence-corrected chi connectivity index (χ3v) is 7.91. The Balaban J connectivity index is 1.58. The summed E-state index contributed by atoms with van der Waals surface area (Å²) in [5.41, 5.74) is 4.01. The van der Waals surface area contributed by atoms with E-state index in [9.17, 15) is 5.26 Å². The van der Waals surface area contributed by atoms with E-state index in [1.165, 1.54) is 10.4 Å². The van der Waals surface area contributed by atoms with Gasteiger partial charge in [0.2, 0.25) is 0 Å². The van der Waals surface area contributed by atoms with E-state index in [-0.39, 0.29) is 5.41 Å². The maximum atomic E-state index is 9.86. The van der Waals surface area contributed by atoms with Gasteiger partial charge in [0, 0.05) is 11.1 Å². The molecule has 1 aliphatic rings. The van der Waals surface area contributed by atoms with Crippen LogP contribution in [0.15, 0.2) is 47.5 Å². The molecule has 0 N–H and O–H groups in total. The average molecular weight is 507 g/mol. The van der Waals surface area contributed by atoms with Crippen molar-refractivity contribution in [1.29, 1.82) is 5.26 Å². The number of hydrogen-bond acceptors (Lipinski definition) is 5. The van der Waals surface area contributed by atoms with Crippen molar-refractivity contribution in [2.75, 3.05) is 6.61 Å². The smallest absolute Gasteiger partial charge is 0.180 e. The first-order valence-electron chi connectivity index (χ1n) is 12.0. The van der Waals surface area contributed by atoms with Crippen LogP contribution in [0.3, 0.4) is 0 Å². The molecule has 1 aromatic heterocycles. The van der Waals surface area contributed by atoms with Crippen molar-refractivity contribution in [3.63, 3.8) is 0 Å². The van der Waals surface area contributed by atoms with Crippen LogP contribution in [0.4, 0.5) is 5.00 Å². The fourth-order valence-electron chi connectivity index (χ4n) is 4.45. The number of benzene rings is 2. The van der Waals surface area contributed by atoms with E-state index in [4.69, 9.17) is 26.1 Å². The molecule has 0 fully saturated rings. The Bertz CT molecular complexity index is 1250. The lowest BCUT2D eigenvalue weighted by Crippen LogP contribution is -2.26. The number of thiophene rings is 1. The summed E-state index contributed by atoms with van der Waals surface area (Å²) in [5.74, 6) is 1.72. The topological polar surface area (TPSA) is 54.6 Å². The molecule has 35 heavy (non-hydrogen) atoms. The van der Waals surface area contributed by atoms with Gasteiger partial charge in [0.05, 0.1) is 17.2 Å². The minimum atomic E-state index is 0.259. The van der Waals surface area contributed by atoms with Gasteiger partial charge in [-0.15, -0.1) is 11.3 Å². The molecular weight excluding hydrogens is 476 g/mol. The maximum Gasteiger partial charge on any atom is 0.180 e. The molecule has 0 amide bonds. The summed E-state index contributed by atoms with van der Waals surface area (Å²) in [7, 11) is 0. The molecule has 0 aliphatic heterocycles. The lowest BCUT2D eigenvalue weighted by atomic mass is 9.72. The first-order valence-corrected chi connectivity index (χ1v) is 13.2. The van der Waals surface area contributed by atoms with Crippen LogP contribution in [-0.4, -0.2) is 12.8 Å². The predicted octanol–water partition coefficient (Wildman–Crippen LogP) is 8.15. The van der Waals surface area contributed by atoms with Gasteiger partial charge < -0.3 is 9.47 Å². The summed E-state index contributed by atoms with van der Waals surface area (Å²) in [4.78, 5) is 6.02. The number of nitriles is 1. The first-order chi connectivity index (χ1) is 16.8. The Kier molecular flexibility index (Phi) is 7.84. The molecule has 4 rings (SSSR count). The van der Waals surface area contributed by atoms with E-state index < -0.39 is 0 Å². The zero-order valence-corrected chi connectivity index (χ0v) is 22.3. The molecule has 4 nitrogen and oxygen atoms in total. The highest BCUT2D eigenvalue weighted by Gasteiger charge is 2.32. The molecular formula is C29H31ClN2O2S. The Hall–Kier alpha value is -2.81. The van der Waals surface area contributed by atoms with Crippen molar-refractivity contribution in [2.24, 2.45) is 16.3 Å². The second-order valence-electron chi connectivity index (χ2n) is 9.90. The van der Waals surface area contributed by atoms with E-state index in [0.29, 0.717) is 41.2 Å². The second kappa shape index (κ2) is 10.8. The third kappa shape index (κ3) is 5.89. The van der Waals surface area contributed by atoms with Crippen molar-refractivity contribution >= 4 is 34.2 Å². The van der Waals surface area contributed by atoms with Crippen LogP contribution in [-0.2, 0) is 19.4 Å². The van der Waals surface area contributed by atoms with Crippen LogP contribution in [0.2, 0.25) is 5.02 Å². The van der Waals surface area contributed by atoms with Crippen molar-refractivity contribution in [3.05, 3.63) is 74.6 Å². The van der Waals surface area contributed by atoms with Crippen LogP contribution >= 0.6 is 22.9 Å². The SMILES string of the molecule is CCOc1cc(C=Nc2sc3c(c2C#N)CC[C@@H](C(C)(C)C)C3)cc(Cl)c1OCc1ccccc1. The van der Waals surface area contributed by atoms with Gasteiger partial charge in [0.1, 0.15) is 17.7 Å². The van der Waals surface area contributed by atoms with Gasteiger partial charge in [-0.2, -0.15) is 5.26 Å². The molecule has 3 aromatic rings. The zero-order chi connectivity index (χ0) is 25.0. The monoisotopic (exact) mass is 506 g/mol. The van der Waals surface area contributed by atoms with Crippen molar-refractivity contribution in [2.45, 2.75) is 53.6 Å². The fourth-order valence-corrected chi connectivity index (χ4v) is 5.94. The van der Waals surface area contributed by atoms with Gasteiger partial charge in [-0.3, -0.25) is 0 Å². The summed E-state index contributed by atoms with van der Waals surface area (Å²) in [6, 6.07) is 16.0.